The van der Waals surface area contributed by atoms with Crippen LogP contribution in [0.2, 0.25) is 0 Å². The number of para-hydroxylation sites is 1. The fourth-order valence-corrected chi connectivity index (χ4v) is 2.97. The van der Waals surface area contributed by atoms with Crippen molar-refractivity contribution in [2.75, 3.05) is 5.43 Å². The Morgan fingerprint density at radius 2 is 1.60 bits per heavy atom. The van der Waals surface area contributed by atoms with E-state index in [9.17, 15) is 4.79 Å². The number of anilines is 1. The summed E-state index contributed by atoms with van der Waals surface area (Å²) in [5, 5.41) is 0. The van der Waals surface area contributed by atoms with E-state index >= 15 is 0 Å². The normalized spacial score (nSPS) is 11.0. The molecule has 2 aromatic heterocycles. The van der Waals surface area contributed by atoms with Crippen LogP contribution in [0, 0.1) is 6.92 Å². The predicted molar refractivity (Wildman–Crippen MR) is 101 cm³/mol. The molecule has 0 aliphatic rings. The monoisotopic (exact) mass is 330 g/mol. The second-order valence-corrected chi connectivity index (χ2v) is 6.01. The molecule has 5 nitrogen and oxygen atoms in total. The Labute approximate surface area is 145 Å². The first kappa shape index (κ1) is 15.2. The van der Waals surface area contributed by atoms with Crippen molar-refractivity contribution in [2.24, 2.45) is 7.05 Å². The molecule has 1 N–H and O–H groups in total. The standard InChI is InChI=1S/C20H18N4O/c1-14-13-17(25)23(2)20-18(14)21-19(15-9-5-3-6-10-15)24(20)22-16-11-7-4-8-12-16/h3-13,22H,1-2H3. The molecular formula is C20H18N4O. The van der Waals surface area contributed by atoms with Crippen LogP contribution in [0.4, 0.5) is 5.69 Å². The van der Waals surface area contributed by atoms with E-state index in [-0.39, 0.29) is 5.56 Å². The molecule has 0 saturated carbocycles. The highest BCUT2D eigenvalue weighted by atomic mass is 16.1. The fourth-order valence-electron chi connectivity index (χ4n) is 2.97. The third kappa shape index (κ3) is 2.59. The quantitative estimate of drug-likeness (QED) is 0.624. The first-order chi connectivity index (χ1) is 12.1. The SMILES string of the molecule is Cc1cc(=O)n(C)c2c1nc(-c1ccccc1)n2Nc1ccccc1. The van der Waals surface area contributed by atoms with E-state index in [2.05, 4.69) is 5.43 Å². The van der Waals surface area contributed by atoms with Crippen molar-refractivity contribution in [3.8, 4) is 11.4 Å². The molecule has 0 amide bonds. The number of rotatable bonds is 3. The summed E-state index contributed by atoms with van der Waals surface area (Å²) < 4.78 is 3.51. The minimum absolute atomic E-state index is 0.0550. The van der Waals surface area contributed by atoms with Gasteiger partial charge in [-0.25, -0.2) is 9.66 Å². The Kier molecular flexibility index (Phi) is 3.61. The van der Waals surface area contributed by atoms with Crippen LogP contribution in [0.1, 0.15) is 5.56 Å². The van der Waals surface area contributed by atoms with Gasteiger partial charge in [0.1, 0.15) is 5.52 Å². The summed E-state index contributed by atoms with van der Waals surface area (Å²) in [6.07, 6.45) is 0. The average molecular weight is 330 g/mol. The first-order valence-electron chi connectivity index (χ1n) is 8.12. The number of nitrogens with zero attached hydrogens (tertiary/aromatic N) is 3. The van der Waals surface area contributed by atoms with Gasteiger partial charge in [-0.05, 0) is 24.6 Å². The zero-order valence-electron chi connectivity index (χ0n) is 14.1. The second-order valence-electron chi connectivity index (χ2n) is 6.01. The number of aryl methyl sites for hydroxylation is 2. The molecule has 0 aliphatic carbocycles. The summed E-state index contributed by atoms with van der Waals surface area (Å²) in [6, 6.07) is 21.4. The number of hydrogen-bond donors (Lipinski definition) is 1. The van der Waals surface area contributed by atoms with Gasteiger partial charge in [0.25, 0.3) is 5.56 Å². The Morgan fingerprint density at radius 3 is 2.28 bits per heavy atom. The molecule has 0 atom stereocenters. The number of imidazole rings is 1. The number of nitrogens with one attached hydrogen (secondary N) is 1. The van der Waals surface area contributed by atoms with Crippen LogP contribution >= 0.6 is 0 Å². The fraction of sp³-hybridized carbons (Fsp3) is 0.100. The van der Waals surface area contributed by atoms with Crippen LogP contribution < -0.4 is 11.0 Å². The smallest absolute Gasteiger partial charge is 0.252 e. The van der Waals surface area contributed by atoms with Gasteiger partial charge in [0.15, 0.2) is 11.5 Å². The van der Waals surface area contributed by atoms with Crippen LogP contribution in [0.5, 0.6) is 0 Å². The molecule has 2 heterocycles. The van der Waals surface area contributed by atoms with Gasteiger partial charge in [-0.3, -0.25) is 14.8 Å². The van der Waals surface area contributed by atoms with Crippen molar-refractivity contribution in [3.05, 3.63) is 82.6 Å². The molecule has 2 aromatic carbocycles. The highest BCUT2D eigenvalue weighted by Crippen LogP contribution is 2.25. The molecule has 0 radical (unpaired) electrons. The van der Waals surface area contributed by atoms with E-state index in [4.69, 9.17) is 4.98 Å². The third-order valence-electron chi connectivity index (χ3n) is 4.26. The number of hydrogen-bond acceptors (Lipinski definition) is 3. The molecule has 0 aliphatic heterocycles. The molecule has 0 bridgehead atoms. The summed E-state index contributed by atoms with van der Waals surface area (Å²) in [5.74, 6) is 0.767. The molecule has 25 heavy (non-hydrogen) atoms. The van der Waals surface area contributed by atoms with E-state index in [1.54, 1.807) is 17.7 Å². The van der Waals surface area contributed by atoms with Gasteiger partial charge in [0.05, 0.1) is 5.69 Å². The van der Waals surface area contributed by atoms with E-state index < -0.39 is 0 Å². The largest absolute Gasteiger partial charge is 0.294 e. The summed E-state index contributed by atoms with van der Waals surface area (Å²) in [5.41, 5.74) is 7.65. The minimum Gasteiger partial charge on any atom is -0.294 e. The van der Waals surface area contributed by atoms with Gasteiger partial charge in [-0.2, -0.15) is 0 Å². The summed E-state index contributed by atoms with van der Waals surface area (Å²) in [7, 11) is 1.77. The van der Waals surface area contributed by atoms with Crippen molar-refractivity contribution in [1.29, 1.82) is 0 Å². The zero-order valence-corrected chi connectivity index (χ0v) is 14.1. The number of fused-ring (bicyclic) bond motifs is 1. The number of pyridine rings is 1. The highest BCUT2D eigenvalue weighted by Gasteiger charge is 2.17. The molecule has 0 unspecified atom stereocenters. The molecule has 5 heteroatoms. The lowest BCUT2D eigenvalue weighted by Crippen LogP contribution is -2.21. The van der Waals surface area contributed by atoms with Gasteiger partial charge in [0, 0.05) is 18.7 Å². The van der Waals surface area contributed by atoms with Gasteiger partial charge < -0.3 is 0 Å². The van der Waals surface area contributed by atoms with Gasteiger partial charge in [-0.15, -0.1) is 0 Å². The summed E-state index contributed by atoms with van der Waals surface area (Å²) >= 11 is 0. The maximum Gasteiger partial charge on any atom is 0.252 e. The number of aromatic nitrogens is 3. The molecule has 0 spiro atoms. The lowest BCUT2D eigenvalue weighted by Gasteiger charge is -2.13. The third-order valence-corrected chi connectivity index (χ3v) is 4.26. The zero-order chi connectivity index (χ0) is 17.4. The summed E-state index contributed by atoms with van der Waals surface area (Å²) in [6.45, 7) is 1.92. The molecule has 4 rings (SSSR count). The van der Waals surface area contributed by atoms with E-state index in [0.717, 1.165) is 33.8 Å². The molecule has 0 fully saturated rings. The maximum absolute atomic E-state index is 12.3. The number of benzene rings is 2. The van der Waals surface area contributed by atoms with Crippen molar-refractivity contribution >= 4 is 16.9 Å². The second kappa shape index (κ2) is 5.94. The van der Waals surface area contributed by atoms with Crippen molar-refractivity contribution in [2.45, 2.75) is 6.92 Å². The van der Waals surface area contributed by atoms with E-state index in [0.29, 0.717) is 0 Å². The topological polar surface area (TPSA) is 51.9 Å². The van der Waals surface area contributed by atoms with Crippen LogP contribution in [0.15, 0.2) is 71.5 Å². The van der Waals surface area contributed by atoms with E-state index in [1.807, 2.05) is 72.3 Å². The minimum atomic E-state index is -0.0550. The average Bonchev–Trinajstić information content (AvgIpc) is 3.01. The van der Waals surface area contributed by atoms with Crippen LogP contribution in [-0.4, -0.2) is 14.2 Å². The highest BCUT2D eigenvalue weighted by molar-refractivity contribution is 5.81. The Morgan fingerprint density at radius 1 is 0.960 bits per heavy atom. The Bertz CT molecular complexity index is 1100. The maximum atomic E-state index is 12.3. The van der Waals surface area contributed by atoms with Crippen LogP contribution in [0.3, 0.4) is 0 Å². The Balaban J connectivity index is 2.04. The van der Waals surface area contributed by atoms with Gasteiger partial charge in [-0.1, -0.05) is 48.5 Å². The molecular weight excluding hydrogens is 312 g/mol. The Hall–Kier alpha value is -3.34. The lowest BCUT2D eigenvalue weighted by molar-refractivity contribution is 0.846. The molecule has 4 aromatic rings. The first-order valence-corrected chi connectivity index (χ1v) is 8.12. The summed E-state index contributed by atoms with van der Waals surface area (Å²) in [4.78, 5) is 17.1. The molecule has 0 saturated heterocycles. The van der Waals surface area contributed by atoms with Crippen molar-refractivity contribution < 1.29 is 0 Å². The van der Waals surface area contributed by atoms with Gasteiger partial charge >= 0.3 is 0 Å². The predicted octanol–water partition coefficient (Wildman–Crippen LogP) is 3.59. The van der Waals surface area contributed by atoms with E-state index in [1.165, 1.54) is 0 Å². The van der Waals surface area contributed by atoms with Crippen molar-refractivity contribution in [3.63, 3.8) is 0 Å². The van der Waals surface area contributed by atoms with Crippen molar-refractivity contribution in [1.82, 2.24) is 14.2 Å². The molecule has 124 valence electrons. The van der Waals surface area contributed by atoms with Crippen LogP contribution in [0.25, 0.3) is 22.6 Å². The van der Waals surface area contributed by atoms with Crippen LogP contribution in [-0.2, 0) is 7.05 Å². The lowest BCUT2D eigenvalue weighted by atomic mass is 10.2. The van der Waals surface area contributed by atoms with Gasteiger partial charge in [0.2, 0.25) is 0 Å².